The highest BCUT2D eigenvalue weighted by molar-refractivity contribution is 8.00. The number of hydrogen-bond acceptors (Lipinski definition) is 4. The second-order valence-electron chi connectivity index (χ2n) is 7.42. The third-order valence-electron chi connectivity index (χ3n) is 5.11. The smallest absolute Gasteiger partial charge is 0.255 e. The minimum Gasteiger partial charge on any atom is -0.497 e. The van der Waals surface area contributed by atoms with E-state index in [4.69, 9.17) is 4.74 Å². The molecule has 5 nitrogen and oxygen atoms in total. The largest absolute Gasteiger partial charge is 0.497 e. The number of benzene rings is 3. The molecule has 2 amide bonds. The van der Waals surface area contributed by atoms with Crippen molar-refractivity contribution in [2.24, 2.45) is 0 Å². The Hall–Kier alpha value is -3.25. The summed E-state index contributed by atoms with van der Waals surface area (Å²) in [4.78, 5) is 26.3. The molecule has 3 rings (SSSR count). The predicted octanol–water partition coefficient (Wildman–Crippen LogP) is 5.94. The number of methoxy groups -OCH3 is 1. The molecule has 1 atom stereocenters. The van der Waals surface area contributed by atoms with Gasteiger partial charge in [0.1, 0.15) is 5.75 Å². The fourth-order valence-electron chi connectivity index (χ4n) is 3.28. The number of anilines is 2. The summed E-state index contributed by atoms with van der Waals surface area (Å²) in [6.45, 7) is 5.96. The van der Waals surface area contributed by atoms with Gasteiger partial charge >= 0.3 is 0 Å². The molecular weight excluding hydrogens is 420 g/mol. The van der Waals surface area contributed by atoms with Gasteiger partial charge in [-0.15, -0.1) is 11.8 Å². The van der Waals surface area contributed by atoms with Crippen LogP contribution in [0.1, 0.15) is 35.3 Å². The van der Waals surface area contributed by atoms with Crippen LogP contribution in [0, 0.1) is 6.92 Å². The molecule has 3 aromatic rings. The lowest BCUT2D eigenvalue weighted by atomic mass is 10.1. The molecule has 0 aliphatic carbocycles. The van der Waals surface area contributed by atoms with Crippen LogP contribution < -0.4 is 15.4 Å². The molecule has 6 heteroatoms. The van der Waals surface area contributed by atoms with E-state index >= 15 is 0 Å². The fourth-order valence-corrected chi connectivity index (χ4v) is 4.20. The second kappa shape index (κ2) is 10.9. The van der Waals surface area contributed by atoms with E-state index in [-0.39, 0.29) is 17.1 Å². The maximum atomic E-state index is 12.8. The van der Waals surface area contributed by atoms with Crippen molar-refractivity contribution in [1.82, 2.24) is 0 Å². The van der Waals surface area contributed by atoms with E-state index in [2.05, 4.69) is 17.6 Å². The standard InChI is InChI=1S/C26H28N2O3S/c1-5-19-9-6-8-17(2)24(19)28-25(29)18(3)32-23-11-7-10-21(16-23)27-26(30)20-12-14-22(31-4)15-13-20/h6-16,18H,5H2,1-4H3,(H,27,30)(H,28,29). The first-order valence-electron chi connectivity index (χ1n) is 10.5. The maximum absolute atomic E-state index is 12.8. The number of ether oxygens (including phenoxy) is 1. The normalized spacial score (nSPS) is 11.5. The summed E-state index contributed by atoms with van der Waals surface area (Å²) in [5.74, 6) is 0.447. The fraction of sp³-hybridized carbons (Fsp3) is 0.231. The number of carbonyl (C=O) groups excluding carboxylic acids is 2. The summed E-state index contributed by atoms with van der Waals surface area (Å²) in [5.41, 5.74) is 4.29. The van der Waals surface area contributed by atoms with E-state index in [0.717, 1.165) is 28.1 Å². The summed E-state index contributed by atoms with van der Waals surface area (Å²) in [6, 6.07) is 20.5. The van der Waals surface area contributed by atoms with E-state index in [1.54, 1.807) is 31.4 Å². The average molecular weight is 449 g/mol. The molecule has 1 unspecified atom stereocenters. The van der Waals surface area contributed by atoms with Gasteiger partial charge in [-0.1, -0.05) is 31.2 Å². The van der Waals surface area contributed by atoms with Crippen molar-refractivity contribution in [3.05, 3.63) is 83.4 Å². The lowest BCUT2D eigenvalue weighted by molar-refractivity contribution is -0.115. The zero-order chi connectivity index (χ0) is 23.1. The number of nitrogens with one attached hydrogen (secondary N) is 2. The van der Waals surface area contributed by atoms with Crippen molar-refractivity contribution >= 4 is 35.0 Å². The predicted molar refractivity (Wildman–Crippen MR) is 132 cm³/mol. The van der Waals surface area contributed by atoms with Gasteiger partial charge in [0.2, 0.25) is 5.91 Å². The number of amides is 2. The highest BCUT2D eigenvalue weighted by atomic mass is 32.2. The molecule has 2 N–H and O–H groups in total. The molecule has 166 valence electrons. The minimum absolute atomic E-state index is 0.0494. The van der Waals surface area contributed by atoms with Crippen LogP contribution in [-0.4, -0.2) is 24.2 Å². The Morgan fingerprint density at radius 3 is 2.41 bits per heavy atom. The Labute approximate surface area is 193 Å². The third kappa shape index (κ3) is 5.92. The third-order valence-corrected chi connectivity index (χ3v) is 6.21. The van der Waals surface area contributed by atoms with Crippen LogP contribution in [0.15, 0.2) is 71.6 Å². The Kier molecular flexibility index (Phi) is 7.95. The first kappa shape index (κ1) is 23.4. The number of aryl methyl sites for hydroxylation is 2. The highest BCUT2D eigenvalue weighted by Gasteiger charge is 2.17. The van der Waals surface area contributed by atoms with Crippen molar-refractivity contribution < 1.29 is 14.3 Å². The van der Waals surface area contributed by atoms with Gasteiger partial charge in [0.05, 0.1) is 12.4 Å². The molecule has 0 spiro atoms. The SMILES string of the molecule is CCc1cccc(C)c1NC(=O)C(C)Sc1cccc(NC(=O)c2ccc(OC)cc2)c1. The topological polar surface area (TPSA) is 67.4 Å². The van der Waals surface area contributed by atoms with Gasteiger partial charge in [-0.05, 0) is 73.9 Å². The number of para-hydroxylation sites is 1. The molecule has 0 saturated carbocycles. The summed E-state index contributed by atoms with van der Waals surface area (Å²) in [6.07, 6.45) is 0.856. The number of hydrogen-bond donors (Lipinski definition) is 2. The van der Waals surface area contributed by atoms with Gasteiger partial charge in [-0.25, -0.2) is 0 Å². The van der Waals surface area contributed by atoms with Gasteiger partial charge in [0.25, 0.3) is 5.91 Å². The van der Waals surface area contributed by atoms with Crippen LogP contribution in [0.5, 0.6) is 5.75 Å². The van der Waals surface area contributed by atoms with Crippen molar-refractivity contribution in [2.75, 3.05) is 17.7 Å². The van der Waals surface area contributed by atoms with Gasteiger partial charge in [-0.3, -0.25) is 9.59 Å². The van der Waals surface area contributed by atoms with Crippen molar-refractivity contribution in [1.29, 1.82) is 0 Å². The quantitative estimate of drug-likeness (QED) is 0.419. The van der Waals surface area contributed by atoms with E-state index < -0.39 is 0 Å². The first-order valence-corrected chi connectivity index (χ1v) is 11.4. The summed E-state index contributed by atoms with van der Waals surface area (Å²) >= 11 is 1.45. The molecule has 3 aromatic carbocycles. The van der Waals surface area contributed by atoms with Crippen molar-refractivity contribution in [3.8, 4) is 5.75 Å². The van der Waals surface area contributed by atoms with Crippen LogP contribution in [0.2, 0.25) is 0 Å². The molecule has 32 heavy (non-hydrogen) atoms. The molecule has 0 aromatic heterocycles. The van der Waals surface area contributed by atoms with Gasteiger partial charge < -0.3 is 15.4 Å². The zero-order valence-corrected chi connectivity index (χ0v) is 19.6. The van der Waals surface area contributed by atoms with Crippen molar-refractivity contribution in [3.63, 3.8) is 0 Å². The Morgan fingerprint density at radius 2 is 1.72 bits per heavy atom. The molecule has 0 radical (unpaired) electrons. The van der Waals surface area contributed by atoms with Crippen LogP contribution in [0.4, 0.5) is 11.4 Å². The molecule has 0 aliphatic rings. The van der Waals surface area contributed by atoms with Crippen LogP contribution in [0.25, 0.3) is 0 Å². The van der Waals surface area contributed by atoms with E-state index in [9.17, 15) is 9.59 Å². The Balaban J connectivity index is 1.64. The van der Waals surface area contributed by atoms with Gasteiger partial charge in [0, 0.05) is 21.8 Å². The van der Waals surface area contributed by atoms with Crippen molar-refractivity contribution in [2.45, 2.75) is 37.3 Å². The summed E-state index contributed by atoms with van der Waals surface area (Å²) in [5, 5.41) is 5.70. The number of rotatable bonds is 8. The average Bonchev–Trinajstić information content (AvgIpc) is 2.80. The molecular formula is C26H28N2O3S. The molecule has 0 saturated heterocycles. The number of thioether (sulfide) groups is 1. The first-order chi connectivity index (χ1) is 15.4. The van der Waals surface area contributed by atoms with Gasteiger partial charge in [0.15, 0.2) is 0 Å². The van der Waals surface area contributed by atoms with Crippen LogP contribution in [-0.2, 0) is 11.2 Å². The lowest BCUT2D eigenvalue weighted by Gasteiger charge is -2.16. The molecule has 0 heterocycles. The number of carbonyl (C=O) groups is 2. The molecule has 0 aliphatic heterocycles. The molecule has 0 fully saturated rings. The van der Waals surface area contributed by atoms with E-state index in [1.807, 2.05) is 56.3 Å². The lowest BCUT2D eigenvalue weighted by Crippen LogP contribution is -2.23. The Bertz CT molecular complexity index is 1100. The minimum atomic E-state index is -0.299. The monoisotopic (exact) mass is 448 g/mol. The maximum Gasteiger partial charge on any atom is 0.255 e. The van der Waals surface area contributed by atoms with E-state index in [0.29, 0.717) is 17.0 Å². The highest BCUT2D eigenvalue weighted by Crippen LogP contribution is 2.28. The van der Waals surface area contributed by atoms with Crippen LogP contribution >= 0.6 is 11.8 Å². The summed E-state index contributed by atoms with van der Waals surface area (Å²) < 4.78 is 5.13. The van der Waals surface area contributed by atoms with E-state index in [1.165, 1.54) is 11.8 Å². The van der Waals surface area contributed by atoms with Crippen LogP contribution in [0.3, 0.4) is 0 Å². The Morgan fingerprint density at radius 1 is 1.00 bits per heavy atom. The zero-order valence-electron chi connectivity index (χ0n) is 18.8. The molecule has 0 bridgehead atoms. The van der Waals surface area contributed by atoms with Gasteiger partial charge in [-0.2, -0.15) is 0 Å². The summed E-state index contributed by atoms with van der Waals surface area (Å²) in [7, 11) is 1.59. The second-order valence-corrected chi connectivity index (χ2v) is 8.84.